The number of aromatic nitrogens is 3. The van der Waals surface area contributed by atoms with Gasteiger partial charge in [-0.05, 0) is 12.1 Å². The van der Waals surface area contributed by atoms with Crippen LogP contribution in [0.3, 0.4) is 0 Å². The molecule has 0 atom stereocenters. The Bertz CT molecular complexity index is 780. The Morgan fingerprint density at radius 1 is 1.15 bits per heavy atom. The Balaban J connectivity index is 1.87. The molecule has 98 valence electrons. The van der Waals surface area contributed by atoms with Gasteiger partial charge in [-0.2, -0.15) is 0 Å². The number of nitrogens with zero attached hydrogens (tertiary/aromatic N) is 2. The SMILES string of the molecule is O=C(Nc1ccncn1)C(=O)c1c[nH]c2ccccc12. The zero-order valence-corrected chi connectivity index (χ0v) is 10.3. The number of aromatic amines is 1. The van der Waals surface area contributed by atoms with Gasteiger partial charge in [0.25, 0.3) is 11.7 Å². The highest BCUT2D eigenvalue weighted by atomic mass is 16.2. The molecule has 3 rings (SSSR count). The molecule has 0 aliphatic carbocycles. The molecule has 0 spiro atoms. The van der Waals surface area contributed by atoms with Gasteiger partial charge in [0.05, 0.1) is 5.56 Å². The molecule has 0 bridgehead atoms. The van der Waals surface area contributed by atoms with Crippen LogP contribution in [0.4, 0.5) is 5.82 Å². The lowest BCUT2D eigenvalue weighted by atomic mass is 10.1. The van der Waals surface area contributed by atoms with Crippen LogP contribution in [-0.2, 0) is 4.79 Å². The minimum Gasteiger partial charge on any atom is -0.360 e. The molecule has 0 aliphatic rings. The summed E-state index contributed by atoms with van der Waals surface area (Å²) >= 11 is 0. The van der Waals surface area contributed by atoms with Crippen molar-refractivity contribution in [2.45, 2.75) is 0 Å². The predicted molar refractivity (Wildman–Crippen MR) is 73.3 cm³/mol. The van der Waals surface area contributed by atoms with E-state index in [4.69, 9.17) is 0 Å². The van der Waals surface area contributed by atoms with Crippen molar-refractivity contribution < 1.29 is 9.59 Å². The Kier molecular flexibility index (Phi) is 2.96. The number of nitrogens with one attached hydrogen (secondary N) is 2. The van der Waals surface area contributed by atoms with E-state index in [1.807, 2.05) is 18.2 Å². The van der Waals surface area contributed by atoms with Crippen molar-refractivity contribution in [3.05, 3.63) is 54.6 Å². The Morgan fingerprint density at radius 2 is 2.00 bits per heavy atom. The molecule has 0 aliphatic heterocycles. The highest BCUT2D eigenvalue weighted by Gasteiger charge is 2.20. The summed E-state index contributed by atoms with van der Waals surface area (Å²) in [6, 6.07) is 8.81. The minimum absolute atomic E-state index is 0.290. The average Bonchev–Trinajstić information content (AvgIpc) is 2.91. The summed E-state index contributed by atoms with van der Waals surface area (Å²) in [5.41, 5.74) is 1.15. The van der Waals surface area contributed by atoms with Crippen LogP contribution in [0.2, 0.25) is 0 Å². The van der Waals surface area contributed by atoms with E-state index in [2.05, 4.69) is 20.3 Å². The molecular weight excluding hydrogens is 256 g/mol. The van der Waals surface area contributed by atoms with E-state index in [0.29, 0.717) is 5.56 Å². The minimum atomic E-state index is -0.728. The smallest absolute Gasteiger partial charge is 0.298 e. The number of rotatable bonds is 3. The summed E-state index contributed by atoms with van der Waals surface area (Å²) in [5, 5.41) is 3.16. The first-order valence-electron chi connectivity index (χ1n) is 5.93. The number of fused-ring (bicyclic) bond motifs is 1. The van der Waals surface area contributed by atoms with E-state index in [1.165, 1.54) is 24.8 Å². The first-order chi connectivity index (χ1) is 9.75. The number of carbonyl (C=O) groups is 2. The summed E-state index contributed by atoms with van der Waals surface area (Å²) in [4.78, 5) is 34.6. The lowest BCUT2D eigenvalue weighted by Crippen LogP contribution is -2.23. The van der Waals surface area contributed by atoms with Crippen molar-refractivity contribution >= 4 is 28.4 Å². The zero-order valence-electron chi connectivity index (χ0n) is 10.3. The van der Waals surface area contributed by atoms with Crippen LogP contribution in [0.25, 0.3) is 10.9 Å². The second-order valence-corrected chi connectivity index (χ2v) is 4.13. The third-order valence-corrected chi connectivity index (χ3v) is 2.86. The van der Waals surface area contributed by atoms with Gasteiger partial charge in [-0.3, -0.25) is 9.59 Å². The highest BCUT2D eigenvalue weighted by molar-refractivity contribution is 6.48. The van der Waals surface area contributed by atoms with Crippen molar-refractivity contribution in [3.63, 3.8) is 0 Å². The third kappa shape index (κ3) is 2.14. The van der Waals surface area contributed by atoms with Crippen molar-refractivity contribution in [2.24, 2.45) is 0 Å². The van der Waals surface area contributed by atoms with E-state index < -0.39 is 11.7 Å². The Hall–Kier alpha value is -3.02. The number of anilines is 1. The molecule has 6 nitrogen and oxygen atoms in total. The second kappa shape index (κ2) is 4.93. The molecule has 2 heterocycles. The maximum absolute atomic E-state index is 12.1. The fourth-order valence-electron chi connectivity index (χ4n) is 1.92. The maximum Gasteiger partial charge on any atom is 0.298 e. The quantitative estimate of drug-likeness (QED) is 0.558. The molecule has 6 heteroatoms. The third-order valence-electron chi connectivity index (χ3n) is 2.86. The molecule has 0 radical (unpaired) electrons. The first-order valence-corrected chi connectivity index (χ1v) is 5.93. The average molecular weight is 266 g/mol. The molecule has 2 N–H and O–H groups in total. The Morgan fingerprint density at radius 3 is 2.80 bits per heavy atom. The van der Waals surface area contributed by atoms with Gasteiger partial charge in [0.2, 0.25) is 0 Å². The first kappa shape index (κ1) is 12.0. The summed E-state index contributed by atoms with van der Waals surface area (Å²) in [6.45, 7) is 0. The summed E-state index contributed by atoms with van der Waals surface area (Å²) in [7, 11) is 0. The number of amides is 1. The monoisotopic (exact) mass is 266 g/mol. The van der Waals surface area contributed by atoms with Gasteiger partial charge < -0.3 is 10.3 Å². The van der Waals surface area contributed by atoms with Gasteiger partial charge in [0.15, 0.2) is 0 Å². The van der Waals surface area contributed by atoms with Crippen LogP contribution in [0.1, 0.15) is 10.4 Å². The Labute approximate surface area is 113 Å². The zero-order chi connectivity index (χ0) is 13.9. The number of H-pyrrole nitrogens is 1. The number of carbonyl (C=O) groups excluding carboxylic acids is 2. The predicted octanol–water partition coefficient (Wildman–Crippen LogP) is 1.78. The van der Waals surface area contributed by atoms with E-state index in [-0.39, 0.29) is 5.82 Å². The number of benzene rings is 1. The molecule has 3 aromatic rings. The molecule has 0 unspecified atom stereocenters. The van der Waals surface area contributed by atoms with Gasteiger partial charge in [-0.15, -0.1) is 0 Å². The molecule has 0 saturated heterocycles. The number of Topliss-reactive ketones (excluding diaryl/α,β-unsaturated/α-hetero) is 1. The van der Waals surface area contributed by atoms with E-state index in [1.54, 1.807) is 6.07 Å². The normalized spacial score (nSPS) is 10.4. The second-order valence-electron chi connectivity index (χ2n) is 4.13. The number of hydrogen-bond acceptors (Lipinski definition) is 4. The van der Waals surface area contributed by atoms with Crippen LogP contribution in [-0.4, -0.2) is 26.6 Å². The van der Waals surface area contributed by atoms with Crippen LogP contribution in [0.15, 0.2) is 49.1 Å². The van der Waals surface area contributed by atoms with Gasteiger partial charge >= 0.3 is 0 Å². The van der Waals surface area contributed by atoms with Gasteiger partial charge in [-0.25, -0.2) is 9.97 Å². The van der Waals surface area contributed by atoms with Gasteiger partial charge in [0, 0.05) is 23.3 Å². The largest absolute Gasteiger partial charge is 0.360 e. The lowest BCUT2D eigenvalue weighted by Gasteiger charge is -2.02. The molecular formula is C14H10N4O2. The fourth-order valence-corrected chi connectivity index (χ4v) is 1.92. The summed E-state index contributed by atoms with van der Waals surface area (Å²) in [6.07, 6.45) is 4.32. The van der Waals surface area contributed by atoms with Crippen molar-refractivity contribution in [1.29, 1.82) is 0 Å². The van der Waals surface area contributed by atoms with E-state index >= 15 is 0 Å². The van der Waals surface area contributed by atoms with Gasteiger partial charge in [-0.1, -0.05) is 18.2 Å². The number of ketones is 1. The number of hydrogen-bond donors (Lipinski definition) is 2. The van der Waals surface area contributed by atoms with E-state index in [9.17, 15) is 9.59 Å². The van der Waals surface area contributed by atoms with Gasteiger partial charge in [0.1, 0.15) is 12.1 Å². The fraction of sp³-hybridized carbons (Fsp3) is 0. The van der Waals surface area contributed by atoms with Crippen molar-refractivity contribution in [1.82, 2.24) is 15.0 Å². The maximum atomic E-state index is 12.1. The summed E-state index contributed by atoms with van der Waals surface area (Å²) < 4.78 is 0. The lowest BCUT2D eigenvalue weighted by molar-refractivity contribution is -0.112. The van der Waals surface area contributed by atoms with Crippen LogP contribution < -0.4 is 5.32 Å². The standard InChI is InChI=1S/C14H10N4O2/c19-13(14(20)18-12-5-6-15-8-17-12)10-7-16-11-4-2-1-3-9(10)11/h1-8,16H,(H,15,17,18,20). The molecule has 0 saturated carbocycles. The van der Waals surface area contributed by atoms with Crippen LogP contribution >= 0.6 is 0 Å². The topological polar surface area (TPSA) is 87.7 Å². The molecule has 1 amide bonds. The molecule has 20 heavy (non-hydrogen) atoms. The van der Waals surface area contributed by atoms with Crippen molar-refractivity contribution in [2.75, 3.05) is 5.32 Å². The number of para-hydroxylation sites is 1. The van der Waals surface area contributed by atoms with Crippen molar-refractivity contribution in [3.8, 4) is 0 Å². The van der Waals surface area contributed by atoms with Crippen LogP contribution in [0.5, 0.6) is 0 Å². The van der Waals surface area contributed by atoms with Crippen LogP contribution in [0, 0.1) is 0 Å². The highest BCUT2D eigenvalue weighted by Crippen LogP contribution is 2.18. The molecule has 1 aromatic carbocycles. The summed E-state index contributed by atoms with van der Waals surface area (Å²) in [5.74, 6) is -1.05. The molecule has 2 aromatic heterocycles. The van der Waals surface area contributed by atoms with E-state index in [0.717, 1.165) is 10.9 Å². The molecule has 0 fully saturated rings.